The molecule has 1 heterocycles. The Bertz CT molecular complexity index is 1410. The number of esters is 1. The van der Waals surface area contributed by atoms with Gasteiger partial charge >= 0.3 is 5.97 Å². The predicted octanol–water partition coefficient (Wildman–Crippen LogP) is 6.46. The molecule has 1 unspecified atom stereocenters. The van der Waals surface area contributed by atoms with Gasteiger partial charge in [-0.15, -0.1) is 0 Å². The number of hydrogen-bond acceptors (Lipinski definition) is 7. The molecular formula is C36H42N2O7. The lowest BCUT2D eigenvalue weighted by atomic mass is 10.1. The summed E-state index contributed by atoms with van der Waals surface area (Å²) < 4.78 is 16.6. The normalized spacial score (nSPS) is 14.0. The van der Waals surface area contributed by atoms with Crippen LogP contribution in [-0.4, -0.2) is 54.8 Å². The molecule has 1 fully saturated rings. The lowest BCUT2D eigenvalue weighted by Gasteiger charge is -2.22. The van der Waals surface area contributed by atoms with E-state index in [-0.39, 0.29) is 36.6 Å². The van der Waals surface area contributed by atoms with Crippen molar-refractivity contribution in [2.24, 2.45) is 5.92 Å². The largest absolute Gasteiger partial charge is 0.494 e. The number of amides is 2. The first-order chi connectivity index (χ1) is 21.8. The van der Waals surface area contributed by atoms with Crippen LogP contribution in [0.3, 0.4) is 0 Å². The first-order valence-corrected chi connectivity index (χ1v) is 15.6. The van der Waals surface area contributed by atoms with Crippen LogP contribution in [0.4, 0.5) is 5.69 Å². The number of rotatable bonds is 16. The van der Waals surface area contributed by atoms with E-state index in [1.165, 1.54) is 31.1 Å². The molecule has 3 aromatic carbocycles. The van der Waals surface area contributed by atoms with E-state index < -0.39 is 5.97 Å². The van der Waals surface area contributed by atoms with Gasteiger partial charge in [0.1, 0.15) is 17.3 Å². The molecule has 0 aromatic heterocycles. The number of unbranched alkanes of at least 4 members (excludes halogenated alkanes) is 4. The van der Waals surface area contributed by atoms with Gasteiger partial charge in [-0.05, 0) is 86.0 Å². The number of nitrogens with one attached hydrogen (secondary N) is 1. The van der Waals surface area contributed by atoms with Gasteiger partial charge in [0, 0.05) is 24.4 Å². The zero-order valence-electron chi connectivity index (χ0n) is 26.1. The zero-order valence-corrected chi connectivity index (χ0v) is 26.1. The van der Waals surface area contributed by atoms with Gasteiger partial charge in [-0.1, -0.05) is 44.7 Å². The van der Waals surface area contributed by atoms with Crippen molar-refractivity contribution < 1.29 is 33.4 Å². The minimum absolute atomic E-state index is 0.0612. The van der Waals surface area contributed by atoms with Crippen LogP contribution in [0, 0.1) is 5.92 Å². The van der Waals surface area contributed by atoms with Crippen LogP contribution in [0.5, 0.6) is 11.5 Å². The molecule has 3 aromatic rings. The van der Waals surface area contributed by atoms with Gasteiger partial charge in [0.05, 0.1) is 31.2 Å². The Morgan fingerprint density at radius 2 is 1.51 bits per heavy atom. The molecule has 1 aliphatic heterocycles. The van der Waals surface area contributed by atoms with Crippen LogP contribution in [0.25, 0.3) is 0 Å². The fraction of sp³-hybridized carbons (Fsp3) is 0.389. The minimum Gasteiger partial charge on any atom is -0.494 e. The number of nitrogens with zero attached hydrogens (tertiary/aromatic N) is 1. The molecule has 1 N–H and O–H groups in total. The van der Waals surface area contributed by atoms with E-state index in [2.05, 4.69) is 12.2 Å². The number of anilines is 1. The smallest absolute Gasteiger partial charge is 0.343 e. The lowest BCUT2D eigenvalue weighted by Crippen LogP contribution is -2.34. The second kappa shape index (κ2) is 17.1. The number of benzene rings is 3. The molecule has 4 rings (SSSR count). The maximum atomic E-state index is 13.3. The molecule has 9 heteroatoms. The number of Topliss-reactive ketones (excluding diaryl/α,β-unsaturated/α-hetero) is 1. The summed E-state index contributed by atoms with van der Waals surface area (Å²) in [6.07, 6.45) is 6.51. The summed E-state index contributed by atoms with van der Waals surface area (Å²) in [6, 6.07) is 20.3. The fourth-order valence-electron chi connectivity index (χ4n) is 4.96. The molecule has 1 atom stereocenters. The molecule has 1 saturated heterocycles. The van der Waals surface area contributed by atoms with Crippen molar-refractivity contribution in [3.8, 4) is 11.5 Å². The summed E-state index contributed by atoms with van der Waals surface area (Å²) in [7, 11) is 0. The highest BCUT2D eigenvalue weighted by Gasteiger charge is 2.24. The first kappa shape index (κ1) is 33.4. The highest BCUT2D eigenvalue weighted by Crippen LogP contribution is 2.20. The summed E-state index contributed by atoms with van der Waals surface area (Å²) in [6.45, 7) is 5.39. The maximum absolute atomic E-state index is 13.3. The van der Waals surface area contributed by atoms with E-state index in [0.29, 0.717) is 54.6 Å². The van der Waals surface area contributed by atoms with E-state index >= 15 is 0 Å². The molecule has 0 radical (unpaired) electrons. The third-order valence-electron chi connectivity index (χ3n) is 7.51. The third-order valence-corrected chi connectivity index (χ3v) is 7.51. The van der Waals surface area contributed by atoms with Crippen molar-refractivity contribution in [3.05, 3.63) is 89.5 Å². The second-order valence-corrected chi connectivity index (χ2v) is 11.3. The summed E-state index contributed by atoms with van der Waals surface area (Å²) in [5.41, 5.74) is 2.16. The third kappa shape index (κ3) is 10.6. The Labute approximate surface area is 264 Å². The van der Waals surface area contributed by atoms with Gasteiger partial charge < -0.3 is 24.4 Å². The molecule has 0 bridgehead atoms. The van der Waals surface area contributed by atoms with E-state index in [4.69, 9.17) is 14.2 Å². The number of ether oxygens (including phenoxy) is 3. The van der Waals surface area contributed by atoms with E-state index in [1.54, 1.807) is 72.8 Å². The van der Waals surface area contributed by atoms with Crippen LogP contribution in [0.15, 0.2) is 72.8 Å². The SMILES string of the molecule is CCCCCCCOc1ccc(C(=O)Oc2ccc(CN(CC(C)=O)C(=O)c3ccc(NC(=O)C4CCOC4)cc3)cc2)cc1. The highest BCUT2D eigenvalue weighted by atomic mass is 16.5. The van der Waals surface area contributed by atoms with Gasteiger partial charge in [0.2, 0.25) is 5.91 Å². The number of carbonyl (C=O) groups is 4. The molecular weight excluding hydrogens is 572 g/mol. The molecule has 0 saturated carbocycles. The van der Waals surface area contributed by atoms with Gasteiger partial charge in [-0.25, -0.2) is 4.79 Å². The summed E-state index contributed by atoms with van der Waals surface area (Å²) in [4.78, 5) is 51.8. The monoisotopic (exact) mass is 614 g/mol. The van der Waals surface area contributed by atoms with Gasteiger partial charge in [-0.2, -0.15) is 0 Å². The van der Waals surface area contributed by atoms with Crippen LogP contribution in [0.1, 0.15) is 78.7 Å². The first-order valence-electron chi connectivity index (χ1n) is 15.6. The Hall–Kier alpha value is -4.50. The molecule has 2 amide bonds. The van der Waals surface area contributed by atoms with Gasteiger partial charge in [-0.3, -0.25) is 14.4 Å². The van der Waals surface area contributed by atoms with Crippen molar-refractivity contribution in [1.82, 2.24) is 4.90 Å². The average molecular weight is 615 g/mol. The summed E-state index contributed by atoms with van der Waals surface area (Å²) in [5, 5.41) is 2.86. The van der Waals surface area contributed by atoms with Crippen molar-refractivity contribution in [2.75, 3.05) is 31.7 Å². The Balaban J connectivity index is 1.29. The predicted molar refractivity (Wildman–Crippen MR) is 172 cm³/mol. The van der Waals surface area contributed by atoms with Crippen LogP contribution in [-0.2, 0) is 20.9 Å². The van der Waals surface area contributed by atoms with E-state index in [1.807, 2.05) is 0 Å². The second-order valence-electron chi connectivity index (χ2n) is 11.3. The average Bonchev–Trinajstić information content (AvgIpc) is 3.59. The quantitative estimate of drug-likeness (QED) is 0.112. The Kier molecular flexibility index (Phi) is 12.7. The zero-order chi connectivity index (χ0) is 32.0. The Morgan fingerprint density at radius 1 is 0.844 bits per heavy atom. The molecule has 1 aliphatic rings. The Morgan fingerprint density at radius 3 is 2.16 bits per heavy atom. The standard InChI is InChI=1S/C36H42N2O7/c1-3-4-5-6-7-21-44-32-18-12-29(13-19-32)36(42)45-33-16-8-27(9-17-33)24-38(23-26(2)39)35(41)28-10-14-31(15-11-28)37-34(40)30-20-22-43-25-30/h8-19,30H,3-7,20-25H2,1-2H3,(H,37,40). The van der Waals surface area contributed by atoms with E-state index in [0.717, 1.165) is 18.4 Å². The molecule has 0 spiro atoms. The number of carbonyl (C=O) groups excluding carboxylic acids is 4. The minimum atomic E-state index is -0.488. The number of ketones is 1. The topological polar surface area (TPSA) is 111 Å². The van der Waals surface area contributed by atoms with Crippen molar-refractivity contribution in [1.29, 1.82) is 0 Å². The van der Waals surface area contributed by atoms with Crippen molar-refractivity contribution in [2.45, 2.75) is 58.9 Å². The van der Waals surface area contributed by atoms with Gasteiger partial charge in [0.25, 0.3) is 5.91 Å². The van der Waals surface area contributed by atoms with Crippen molar-refractivity contribution in [3.63, 3.8) is 0 Å². The van der Waals surface area contributed by atoms with Crippen LogP contribution < -0.4 is 14.8 Å². The molecule has 45 heavy (non-hydrogen) atoms. The van der Waals surface area contributed by atoms with Crippen LogP contribution in [0.2, 0.25) is 0 Å². The highest BCUT2D eigenvalue weighted by molar-refractivity contribution is 5.98. The lowest BCUT2D eigenvalue weighted by molar-refractivity contribution is -0.120. The van der Waals surface area contributed by atoms with E-state index in [9.17, 15) is 19.2 Å². The number of hydrogen-bond donors (Lipinski definition) is 1. The molecule has 238 valence electrons. The van der Waals surface area contributed by atoms with Gasteiger partial charge in [0.15, 0.2) is 0 Å². The van der Waals surface area contributed by atoms with Crippen molar-refractivity contribution >= 4 is 29.3 Å². The molecule has 9 nitrogen and oxygen atoms in total. The summed E-state index contributed by atoms with van der Waals surface area (Å²) in [5.74, 6) is -0.153. The fourth-order valence-corrected chi connectivity index (χ4v) is 4.96. The molecule has 0 aliphatic carbocycles. The maximum Gasteiger partial charge on any atom is 0.343 e. The van der Waals surface area contributed by atoms with Crippen LogP contribution >= 0.6 is 0 Å². The summed E-state index contributed by atoms with van der Waals surface area (Å²) >= 11 is 0.